The van der Waals surface area contributed by atoms with Gasteiger partial charge in [-0.05, 0) is 18.2 Å². The molecule has 1 aromatic heterocycles. The second-order valence-corrected chi connectivity index (χ2v) is 6.38. The minimum absolute atomic E-state index is 0.157. The molecule has 1 aliphatic heterocycles. The Morgan fingerprint density at radius 1 is 1.32 bits per heavy atom. The van der Waals surface area contributed by atoms with Gasteiger partial charge in [-0.15, -0.1) is 0 Å². The van der Waals surface area contributed by atoms with Crippen LogP contribution >= 0.6 is 0 Å². The van der Waals surface area contributed by atoms with Gasteiger partial charge in [0.1, 0.15) is 5.52 Å². The number of nitrogens with zero attached hydrogens (tertiary/aromatic N) is 1. The second-order valence-electron chi connectivity index (χ2n) is 6.38. The number of nitrogens with one attached hydrogen (secondary N) is 1. The quantitative estimate of drug-likeness (QED) is 0.922. The van der Waals surface area contributed by atoms with Crippen LogP contribution in [0.3, 0.4) is 0 Å². The van der Waals surface area contributed by atoms with Crippen molar-refractivity contribution < 1.29 is 18.7 Å². The van der Waals surface area contributed by atoms with Gasteiger partial charge in [0.15, 0.2) is 11.7 Å². The molecule has 0 unspecified atom stereocenters. The molecule has 1 fully saturated rings. The maximum absolute atomic E-state index is 12.1. The van der Waals surface area contributed by atoms with Crippen LogP contribution in [0.15, 0.2) is 22.6 Å². The molecule has 0 bridgehead atoms. The van der Waals surface area contributed by atoms with Gasteiger partial charge in [-0.1, -0.05) is 20.8 Å². The van der Waals surface area contributed by atoms with Crippen LogP contribution in [-0.2, 0) is 19.7 Å². The zero-order chi connectivity index (χ0) is 15.7. The summed E-state index contributed by atoms with van der Waals surface area (Å²) < 4.78 is 16.4. The van der Waals surface area contributed by atoms with E-state index in [4.69, 9.17) is 13.9 Å². The Kier molecular flexibility index (Phi) is 3.88. The number of carbonyl (C=O) groups is 1. The first-order chi connectivity index (χ1) is 10.4. The molecule has 1 atom stereocenters. The van der Waals surface area contributed by atoms with Gasteiger partial charge >= 0.3 is 0 Å². The molecule has 1 N–H and O–H groups in total. The summed E-state index contributed by atoms with van der Waals surface area (Å²) in [5.74, 6) is 0.466. The van der Waals surface area contributed by atoms with Gasteiger partial charge in [-0.25, -0.2) is 4.98 Å². The summed E-state index contributed by atoms with van der Waals surface area (Å²) >= 11 is 0. The Labute approximate surface area is 128 Å². The molecule has 22 heavy (non-hydrogen) atoms. The Hall–Kier alpha value is -1.92. The van der Waals surface area contributed by atoms with E-state index >= 15 is 0 Å². The van der Waals surface area contributed by atoms with Crippen molar-refractivity contribution in [3.05, 3.63) is 24.1 Å². The van der Waals surface area contributed by atoms with Crippen LogP contribution in [0.1, 0.15) is 26.7 Å². The van der Waals surface area contributed by atoms with Crippen LogP contribution in [0.25, 0.3) is 11.1 Å². The molecule has 0 saturated carbocycles. The molecule has 2 heterocycles. The number of anilines is 1. The summed E-state index contributed by atoms with van der Waals surface area (Å²) in [5.41, 5.74) is 1.94. The highest BCUT2D eigenvalue weighted by molar-refractivity contribution is 5.95. The van der Waals surface area contributed by atoms with Crippen molar-refractivity contribution in [2.75, 3.05) is 25.1 Å². The normalized spacial score (nSPS) is 19.3. The van der Waals surface area contributed by atoms with Crippen molar-refractivity contribution in [3.63, 3.8) is 0 Å². The van der Waals surface area contributed by atoms with Gasteiger partial charge in [0.2, 0.25) is 5.89 Å². The Bertz CT molecular complexity index is 681. The van der Waals surface area contributed by atoms with Crippen LogP contribution in [0.4, 0.5) is 5.69 Å². The van der Waals surface area contributed by atoms with Gasteiger partial charge in [0.25, 0.3) is 5.91 Å². The lowest BCUT2D eigenvalue weighted by Crippen LogP contribution is -2.39. The molecule has 6 heteroatoms. The molecular formula is C16H20N2O4. The number of oxazole rings is 1. The number of fused-ring (bicyclic) bond motifs is 1. The minimum Gasteiger partial charge on any atom is -0.440 e. The van der Waals surface area contributed by atoms with E-state index in [1.165, 1.54) is 0 Å². The lowest BCUT2D eigenvalue weighted by molar-refractivity contribution is -0.142. The molecule has 3 rings (SSSR count). The average Bonchev–Trinajstić information content (AvgIpc) is 2.91. The molecule has 1 saturated heterocycles. The molecule has 118 valence electrons. The number of aromatic nitrogens is 1. The first-order valence-corrected chi connectivity index (χ1v) is 7.35. The predicted molar refractivity (Wildman–Crippen MR) is 81.9 cm³/mol. The molecule has 0 spiro atoms. The standard InChI is InChI=1S/C16H20N2O4/c1-16(2,3)15-18-11-8-10(4-5-12(11)22-15)17-14(19)13-9-20-6-7-21-13/h4-5,8,13H,6-7,9H2,1-3H3,(H,17,19)/t13-/m0/s1. The SMILES string of the molecule is CC(C)(C)c1nc2cc(NC(=O)[C@@H]3COCCO3)ccc2o1. The van der Waals surface area contributed by atoms with E-state index in [-0.39, 0.29) is 17.9 Å². The highest BCUT2D eigenvalue weighted by atomic mass is 16.6. The van der Waals surface area contributed by atoms with Gasteiger partial charge in [-0.2, -0.15) is 0 Å². The second kappa shape index (κ2) is 5.70. The lowest BCUT2D eigenvalue weighted by atomic mass is 9.97. The fraction of sp³-hybridized carbons (Fsp3) is 0.500. The fourth-order valence-corrected chi connectivity index (χ4v) is 2.19. The number of hydrogen-bond donors (Lipinski definition) is 1. The molecule has 0 radical (unpaired) electrons. The molecule has 1 amide bonds. The van der Waals surface area contributed by atoms with Crippen LogP contribution in [0, 0.1) is 0 Å². The number of carbonyl (C=O) groups excluding carboxylic acids is 1. The number of ether oxygens (including phenoxy) is 2. The molecule has 0 aliphatic carbocycles. The summed E-state index contributed by atoms with van der Waals surface area (Å²) in [6.07, 6.45) is -0.563. The molecule has 1 aromatic carbocycles. The van der Waals surface area contributed by atoms with Crippen LogP contribution in [0.2, 0.25) is 0 Å². The summed E-state index contributed by atoms with van der Waals surface area (Å²) in [5, 5.41) is 2.83. The van der Waals surface area contributed by atoms with Gasteiger partial charge in [0, 0.05) is 11.1 Å². The van der Waals surface area contributed by atoms with E-state index < -0.39 is 6.10 Å². The number of amides is 1. The average molecular weight is 304 g/mol. The van der Waals surface area contributed by atoms with Gasteiger partial charge in [-0.3, -0.25) is 4.79 Å². The van der Waals surface area contributed by atoms with E-state index in [1.54, 1.807) is 12.1 Å². The topological polar surface area (TPSA) is 73.6 Å². The molecule has 1 aliphatic rings. The molecular weight excluding hydrogens is 284 g/mol. The highest BCUT2D eigenvalue weighted by Gasteiger charge is 2.24. The summed E-state index contributed by atoms with van der Waals surface area (Å²) in [6.45, 7) is 7.38. The van der Waals surface area contributed by atoms with Crippen LogP contribution < -0.4 is 5.32 Å². The van der Waals surface area contributed by atoms with Crippen molar-refractivity contribution in [1.82, 2.24) is 4.98 Å². The van der Waals surface area contributed by atoms with Crippen molar-refractivity contribution >= 4 is 22.7 Å². The monoisotopic (exact) mass is 304 g/mol. The number of rotatable bonds is 2. The van der Waals surface area contributed by atoms with E-state index in [1.807, 2.05) is 26.8 Å². The lowest BCUT2D eigenvalue weighted by Gasteiger charge is -2.21. The summed E-state index contributed by atoms with van der Waals surface area (Å²) in [4.78, 5) is 16.6. The third kappa shape index (κ3) is 3.13. The minimum atomic E-state index is -0.563. The first-order valence-electron chi connectivity index (χ1n) is 7.35. The summed E-state index contributed by atoms with van der Waals surface area (Å²) in [7, 11) is 0. The summed E-state index contributed by atoms with van der Waals surface area (Å²) in [6, 6.07) is 5.41. The maximum Gasteiger partial charge on any atom is 0.255 e. The van der Waals surface area contributed by atoms with E-state index in [0.29, 0.717) is 30.4 Å². The maximum atomic E-state index is 12.1. The van der Waals surface area contributed by atoms with E-state index in [9.17, 15) is 4.79 Å². The Balaban J connectivity index is 1.78. The van der Waals surface area contributed by atoms with Crippen LogP contribution in [-0.4, -0.2) is 36.8 Å². The molecule has 6 nitrogen and oxygen atoms in total. The van der Waals surface area contributed by atoms with Gasteiger partial charge < -0.3 is 19.2 Å². The van der Waals surface area contributed by atoms with Crippen molar-refractivity contribution in [3.8, 4) is 0 Å². The van der Waals surface area contributed by atoms with E-state index in [0.717, 1.165) is 5.52 Å². The zero-order valence-corrected chi connectivity index (χ0v) is 13.0. The third-order valence-electron chi connectivity index (χ3n) is 3.41. The predicted octanol–water partition coefficient (Wildman–Crippen LogP) is 2.48. The largest absolute Gasteiger partial charge is 0.440 e. The van der Waals surface area contributed by atoms with Crippen molar-refractivity contribution in [2.24, 2.45) is 0 Å². The Morgan fingerprint density at radius 2 is 2.14 bits per heavy atom. The Morgan fingerprint density at radius 3 is 2.82 bits per heavy atom. The first kappa shape index (κ1) is 15.0. The van der Waals surface area contributed by atoms with E-state index in [2.05, 4.69) is 10.3 Å². The number of hydrogen-bond acceptors (Lipinski definition) is 5. The van der Waals surface area contributed by atoms with Gasteiger partial charge in [0.05, 0.1) is 19.8 Å². The zero-order valence-electron chi connectivity index (χ0n) is 13.0. The smallest absolute Gasteiger partial charge is 0.255 e. The third-order valence-corrected chi connectivity index (χ3v) is 3.41. The van der Waals surface area contributed by atoms with Crippen LogP contribution in [0.5, 0.6) is 0 Å². The van der Waals surface area contributed by atoms with Crippen molar-refractivity contribution in [1.29, 1.82) is 0 Å². The number of benzene rings is 1. The molecule has 2 aromatic rings. The fourth-order valence-electron chi connectivity index (χ4n) is 2.19. The highest BCUT2D eigenvalue weighted by Crippen LogP contribution is 2.27. The van der Waals surface area contributed by atoms with Crippen molar-refractivity contribution in [2.45, 2.75) is 32.3 Å².